The molecule has 2 aromatic carbocycles. The van der Waals surface area contributed by atoms with Gasteiger partial charge in [-0.1, -0.05) is 18.2 Å². The molecular weight excluding hydrogens is 329 g/mol. The van der Waals surface area contributed by atoms with Crippen LogP contribution in [0.4, 0.5) is 10.1 Å². The predicted molar refractivity (Wildman–Crippen MR) is 91.1 cm³/mol. The van der Waals surface area contributed by atoms with E-state index in [1.807, 2.05) is 0 Å². The average molecular weight is 341 g/mol. The Morgan fingerprint density at radius 2 is 1.75 bits per heavy atom. The maximum atomic E-state index is 13.1. The number of amides is 1. The summed E-state index contributed by atoms with van der Waals surface area (Å²) in [5, 5.41) is 11.5. The predicted octanol–water partition coefficient (Wildman–Crippen LogP) is 4.50. The molecule has 0 aliphatic carbocycles. The van der Waals surface area contributed by atoms with Crippen molar-refractivity contribution in [1.29, 1.82) is 0 Å². The summed E-state index contributed by atoms with van der Waals surface area (Å²) >= 11 is 1.28. The van der Waals surface area contributed by atoms with Crippen LogP contribution in [0.5, 0.6) is 0 Å². The molecule has 120 valence electrons. The third-order valence-electron chi connectivity index (χ3n) is 3.33. The zero-order valence-electron chi connectivity index (χ0n) is 12.3. The third-order valence-corrected chi connectivity index (χ3v) is 4.46. The molecule has 1 aromatic heterocycles. The van der Waals surface area contributed by atoms with Gasteiger partial charge in [0.2, 0.25) is 0 Å². The molecule has 4 nitrogen and oxygen atoms in total. The van der Waals surface area contributed by atoms with Crippen molar-refractivity contribution < 1.29 is 19.1 Å². The molecule has 1 amide bonds. The van der Waals surface area contributed by atoms with Gasteiger partial charge in [0.15, 0.2) is 0 Å². The molecule has 2 N–H and O–H groups in total. The normalized spacial score (nSPS) is 10.4. The Bertz CT molecular complexity index is 903. The van der Waals surface area contributed by atoms with Crippen molar-refractivity contribution >= 4 is 28.9 Å². The lowest BCUT2D eigenvalue weighted by atomic mass is 10.1. The number of thiophene rings is 1. The topological polar surface area (TPSA) is 66.4 Å². The number of aromatic carboxylic acids is 1. The highest BCUT2D eigenvalue weighted by Gasteiger charge is 2.11. The van der Waals surface area contributed by atoms with Gasteiger partial charge in [-0.3, -0.25) is 4.79 Å². The maximum Gasteiger partial charge on any atom is 0.335 e. The van der Waals surface area contributed by atoms with Gasteiger partial charge >= 0.3 is 5.97 Å². The molecule has 0 radical (unpaired) electrons. The van der Waals surface area contributed by atoms with Crippen LogP contribution in [-0.2, 0) is 0 Å². The highest BCUT2D eigenvalue weighted by Crippen LogP contribution is 2.29. The number of carbonyl (C=O) groups excluding carboxylic acids is 1. The molecule has 24 heavy (non-hydrogen) atoms. The quantitative estimate of drug-likeness (QED) is 0.734. The van der Waals surface area contributed by atoms with Crippen molar-refractivity contribution in [2.45, 2.75) is 0 Å². The van der Waals surface area contributed by atoms with Gasteiger partial charge in [0, 0.05) is 10.6 Å². The fraction of sp³-hybridized carbons (Fsp3) is 0. The van der Waals surface area contributed by atoms with Gasteiger partial charge < -0.3 is 10.4 Å². The van der Waals surface area contributed by atoms with Crippen molar-refractivity contribution in [3.63, 3.8) is 0 Å². The van der Waals surface area contributed by atoms with Crippen molar-refractivity contribution in [1.82, 2.24) is 0 Å². The van der Waals surface area contributed by atoms with Gasteiger partial charge in [0.25, 0.3) is 5.91 Å². The Hall–Kier alpha value is -2.99. The lowest BCUT2D eigenvalue weighted by Gasteiger charge is -2.03. The minimum absolute atomic E-state index is 0.208. The number of anilines is 1. The second-order valence-corrected chi connectivity index (χ2v) is 6.09. The Morgan fingerprint density at radius 3 is 2.42 bits per heavy atom. The van der Waals surface area contributed by atoms with Crippen LogP contribution < -0.4 is 5.32 Å². The first kappa shape index (κ1) is 15.9. The van der Waals surface area contributed by atoms with Crippen molar-refractivity contribution in [2.75, 3.05) is 5.32 Å². The third kappa shape index (κ3) is 3.49. The summed E-state index contributed by atoms with van der Waals surface area (Å²) in [5.41, 5.74) is 1.43. The van der Waals surface area contributed by atoms with Crippen LogP contribution in [-0.4, -0.2) is 17.0 Å². The Balaban J connectivity index is 1.77. The van der Waals surface area contributed by atoms with Crippen LogP contribution in [0.2, 0.25) is 0 Å². The molecule has 0 aliphatic heterocycles. The number of rotatable bonds is 4. The monoisotopic (exact) mass is 341 g/mol. The molecular formula is C18H12FNO3S. The zero-order chi connectivity index (χ0) is 17.1. The first-order valence-electron chi connectivity index (χ1n) is 7.03. The molecule has 6 heteroatoms. The van der Waals surface area contributed by atoms with E-state index < -0.39 is 11.8 Å². The molecule has 0 saturated carbocycles. The minimum atomic E-state index is -0.983. The number of carboxylic acids is 1. The van der Waals surface area contributed by atoms with Crippen LogP contribution in [0.15, 0.2) is 60.7 Å². The Kier molecular flexibility index (Phi) is 4.39. The van der Waals surface area contributed by atoms with Gasteiger partial charge in [-0.05, 0) is 48.0 Å². The van der Waals surface area contributed by atoms with E-state index in [4.69, 9.17) is 5.11 Å². The molecule has 0 saturated heterocycles. The fourth-order valence-electron chi connectivity index (χ4n) is 2.15. The molecule has 1 heterocycles. The zero-order valence-corrected chi connectivity index (χ0v) is 13.1. The molecule has 0 fully saturated rings. The summed E-state index contributed by atoms with van der Waals surface area (Å²) < 4.78 is 13.1. The maximum absolute atomic E-state index is 13.1. The number of nitrogens with one attached hydrogen (secondary N) is 1. The van der Waals surface area contributed by atoms with Crippen molar-refractivity contribution in [2.24, 2.45) is 0 Å². The SMILES string of the molecule is O=C(O)c1ccc(-c2ccc(C(=O)Nc3cccc(F)c3)s2)cc1. The van der Waals surface area contributed by atoms with Gasteiger partial charge in [-0.2, -0.15) is 0 Å². The number of hydrogen-bond acceptors (Lipinski definition) is 3. The largest absolute Gasteiger partial charge is 0.478 e. The van der Waals surface area contributed by atoms with Crippen LogP contribution >= 0.6 is 11.3 Å². The van der Waals surface area contributed by atoms with E-state index >= 15 is 0 Å². The highest BCUT2D eigenvalue weighted by molar-refractivity contribution is 7.17. The molecule has 3 aromatic rings. The Morgan fingerprint density at radius 1 is 1.00 bits per heavy atom. The van der Waals surface area contributed by atoms with Gasteiger partial charge in [0.05, 0.1) is 10.4 Å². The summed E-state index contributed by atoms with van der Waals surface area (Å²) in [5.74, 6) is -1.72. The fourth-order valence-corrected chi connectivity index (χ4v) is 3.06. The number of benzene rings is 2. The van der Waals surface area contributed by atoms with Crippen LogP contribution in [0.3, 0.4) is 0 Å². The van der Waals surface area contributed by atoms with E-state index in [1.165, 1.54) is 41.7 Å². The van der Waals surface area contributed by atoms with Gasteiger partial charge in [-0.25, -0.2) is 9.18 Å². The second-order valence-electron chi connectivity index (χ2n) is 5.01. The molecule has 0 unspecified atom stereocenters. The number of carbonyl (C=O) groups is 2. The summed E-state index contributed by atoms with van der Waals surface area (Å²) in [6.45, 7) is 0. The second kappa shape index (κ2) is 6.64. The van der Waals surface area contributed by atoms with Crippen LogP contribution in [0, 0.1) is 5.82 Å². The van der Waals surface area contributed by atoms with E-state index in [0.717, 1.165) is 10.4 Å². The summed E-state index contributed by atoms with van der Waals surface area (Å²) in [7, 11) is 0. The van der Waals surface area contributed by atoms with Crippen LogP contribution in [0.1, 0.15) is 20.0 Å². The van der Waals surface area contributed by atoms with Crippen molar-refractivity contribution in [3.05, 3.63) is 76.9 Å². The van der Waals surface area contributed by atoms with Crippen LogP contribution in [0.25, 0.3) is 10.4 Å². The van der Waals surface area contributed by atoms with E-state index in [9.17, 15) is 14.0 Å². The van der Waals surface area contributed by atoms with Gasteiger partial charge in [-0.15, -0.1) is 11.3 Å². The molecule has 3 rings (SSSR count). The van der Waals surface area contributed by atoms with E-state index in [1.54, 1.807) is 30.3 Å². The van der Waals surface area contributed by atoms with Crippen molar-refractivity contribution in [3.8, 4) is 10.4 Å². The minimum Gasteiger partial charge on any atom is -0.478 e. The highest BCUT2D eigenvalue weighted by atomic mass is 32.1. The molecule has 0 bridgehead atoms. The average Bonchev–Trinajstić information content (AvgIpc) is 3.05. The van der Waals surface area contributed by atoms with E-state index in [-0.39, 0.29) is 11.5 Å². The lowest BCUT2D eigenvalue weighted by molar-refractivity contribution is 0.0696. The molecule has 0 atom stereocenters. The smallest absolute Gasteiger partial charge is 0.335 e. The molecule has 0 spiro atoms. The summed E-state index contributed by atoms with van der Waals surface area (Å²) in [4.78, 5) is 24.4. The lowest BCUT2D eigenvalue weighted by Crippen LogP contribution is -2.09. The number of carboxylic acid groups (broad SMARTS) is 1. The standard InChI is InChI=1S/C18H12FNO3S/c19-13-2-1-3-14(10-13)20-17(21)16-9-8-15(24-16)11-4-6-12(7-5-11)18(22)23/h1-10H,(H,20,21)(H,22,23). The van der Waals surface area contributed by atoms with Gasteiger partial charge in [0.1, 0.15) is 5.82 Å². The summed E-state index contributed by atoms with van der Waals surface area (Å²) in [6.07, 6.45) is 0. The van der Waals surface area contributed by atoms with E-state index in [0.29, 0.717) is 10.6 Å². The first-order chi connectivity index (χ1) is 11.5. The van der Waals surface area contributed by atoms with E-state index in [2.05, 4.69) is 5.32 Å². The Labute approximate surface area is 141 Å². The number of hydrogen-bond donors (Lipinski definition) is 2. The molecule has 0 aliphatic rings. The summed E-state index contributed by atoms with van der Waals surface area (Å²) in [6, 6.07) is 15.6. The first-order valence-corrected chi connectivity index (χ1v) is 7.85. The number of halogens is 1.